The van der Waals surface area contributed by atoms with Crippen LogP contribution in [0.4, 0.5) is 0 Å². The van der Waals surface area contributed by atoms with Crippen molar-refractivity contribution >= 4 is 10.0 Å². The van der Waals surface area contributed by atoms with Crippen LogP contribution in [0.1, 0.15) is 39.2 Å². The number of sulfonamides is 1. The van der Waals surface area contributed by atoms with Gasteiger partial charge in [0.2, 0.25) is 10.0 Å². The molecule has 0 N–H and O–H groups in total. The number of unbranched alkanes of at least 4 members (excludes halogenated alkanes) is 1. The van der Waals surface area contributed by atoms with Gasteiger partial charge in [-0.2, -0.15) is 0 Å². The van der Waals surface area contributed by atoms with Crippen LogP contribution in [0.25, 0.3) is 0 Å². The second kappa shape index (κ2) is 7.99. The molecule has 0 radical (unpaired) electrons. The molecule has 146 valence electrons. The molecule has 0 spiro atoms. The largest absolute Gasteiger partial charge is 0.303 e. The molecule has 0 aliphatic carbocycles. The number of nitrogens with zero attached hydrogens (tertiary/aromatic N) is 2. The second-order valence-electron chi connectivity index (χ2n) is 8.70. The molecule has 3 rings (SSSR count). The highest BCUT2D eigenvalue weighted by molar-refractivity contribution is 7.89. The Morgan fingerprint density at radius 2 is 1.65 bits per heavy atom. The summed E-state index contributed by atoms with van der Waals surface area (Å²) in [4.78, 5) is 2.57. The predicted molar refractivity (Wildman–Crippen MR) is 108 cm³/mol. The van der Waals surface area contributed by atoms with Crippen molar-refractivity contribution in [1.29, 1.82) is 0 Å². The Morgan fingerprint density at radius 3 is 2.23 bits per heavy atom. The van der Waals surface area contributed by atoms with Crippen molar-refractivity contribution in [3.63, 3.8) is 0 Å². The van der Waals surface area contributed by atoms with E-state index in [2.05, 4.69) is 25.7 Å². The van der Waals surface area contributed by atoms with Crippen LogP contribution in [-0.4, -0.2) is 56.1 Å². The van der Waals surface area contributed by atoms with E-state index in [0.717, 1.165) is 25.2 Å². The van der Waals surface area contributed by atoms with Gasteiger partial charge in [0, 0.05) is 26.2 Å². The maximum Gasteiger partial charge on any atom is 0.214 e. The number of aryl methyl sites for hydroxylation is 1. The molecule has 0 saturated carbocycles. The highest BCUT2D eigenvalue weighted by atomic mass is 32.2. The molecule has 2 bridgehead atoms. The van der Waals surface area contributed by atoms with Crippen molar-refractivity contribution in [2.45, 2.75) is 40.0 Å². The maximum atomic E-state index is 13.0. The molecule has 1 aromatic rings. The molecule has 2 saturated heterocycles. The standard InChI is InChI=1S/C21H34N2O2S/c1-4-5-12-22-14-19-16-23(17-20(15-22)21(19,2)3)26(24,25)13-11-18-9-7-6-8-10-18/h6-10,19-20H,4-5,11-17H2,1-3H3. The van der Waals surface area contributed by atoms with Gasteiger partial charge in [0.25, 0.3) is 0 Å². The van der Waals surface area contributed by atoms with Crippen molar-refractivity contribution in [3.05, 3.63) is 35.9 Å². The molecule has 2 atom stereocenters. The van der Waals surface area contributed by atoms with Gasteiger partial charge < -0.3 is 4.90 Å². The first-order valence-electron chi connectivity index (χ1n) is 10.1. The predicted octanol–water partition coefficient (Wildman–Crippen LogP) is 3.25. The number of hydrogen-bond donors (Lipinski definition) is 0. The van der Waals surface area contributed by atoms with Crippen LogP contribution in [0.5, 0.6) is 0 Å². The summed E-state index contributed by atoms with van der Waals surface area (Å²) in [6, 6.07) is 9.93. The average molecular weight is 379 g/mol. The molecule has 2 heterocycles. The van der Waals surface area contributed by atoms with Gasteiger partial charge in [0.15, 0.2) is 0 Å². The van der Waals surface area contributed by atoms with Crippen LogP contribution in [0, 0.1) is 17.3 Å². The van der Waals surface area contributed by atoms with E-state index in [4.69, 9.17) is 0 Å². The summed E-state index contributed by atoms with van der Waals surface area (Å²) in [5.74, 6) is 1.08. The van der Waals surface area contributed by atoms with E-state index in [9.17, 15) is 8.42 Å². The first-order valence-corrected chi connectivity index (χ1v) is 11.7. The van der Waals surface area contributed by atoms with E-state index < -0.39 is 10.0 Å². The summed E-state index contributed by atoms with van der Waals surface area (Å²) in [6.45, 7) is 11.5. The Labute approximate surface area is 159 Å². The zero-order chi connectivity index (χ0) is 18.8. The molecule has 2 aliphatic heterocycles. The summed E-state index contributed by atoms with van der Waals surface area (Å²) in [5.41, 5.74) is 1.33. The normalized spacial score (nSPS) is 26.7. The third-order valence-electron chi connectivity index (χ3n) is 6.62. The molecule has 2 unspecified atom stereocenters. The van der Waals surface area contributed by atoms with E-state index >= 15 is 0 Å². The highest BCUT2D eigenvalue weighted by Gasteiger charge is 2.49. The van der Waals surface area contributed by atoms with E-state index in [0.29, 0.717) is 31.3 Å². The van der Waals surface area contributed by atoms with Gasteiger partial charge in [-0.05, 0) is 42.2 Å². The van der Waals surface area contributed by atoms with Gasteiger partial charge in [-0.3, -0.25) is 0 Å². The molecule has 26 heavy (non-hydrogen) atoms. The SMILES string of the molecule is CCCCN1CC2CN(S(=O)(=O)CCc3ccccc3)CC(C1)C2(C)C. The second-order valence-corrected chi connectivity index (χ2v) is 10.8. The number of piperidine rings is 2. The molecule has 1 aromatic carbocycles. The number of benzene rings is 1. The Kier molecular flexibility index (Phi) is 6.10. The lowest BCUT2D eigenvalue weighted by Crippen LogP contribution is -2.62. The Bertz CT molecular complexity index is 669. The minimum absolute atomic E-state index is 0.219. The van der Waals surface area contributed by atoms with Crippen molar-refractivity contribution in [3.8, 4) is 0 Å². The number of hydrogen-bond acceptors (Lipinski definition) is 3. The molecular formula is C21H34N2O2S. The molecular weight excluding hydrogens is 344 g/mol. The first kappa shape index (κ1) is 19.8. The summed E-state index contributed by atoms with van der Waals surface area (Å²) >= 11 is 0. The zero-order valence-electron chi connectivity index (χ0n) is 16.5. The summed E-state index contributed by atoms with van der Waals surface area (Å²) in [7, 11) is -3.19. The van der Waals surface area contributed by atoms with Crippen molar-refractivity contribution in [2.24, 2.45) is 17.3 Å². The Hall–Kier alpha value is -0.910. The first-order chi connectivity index (χ1) is 12.3. The molecule has 0 aromatic heterocycles. The van der Waals surface area contributed by atoms with Crippen LogP contribution in [0.15, 0.2) is 30.3 Å². The maximum absolute atomic E-state index is 13.0. The summed E-state index contributed by atoms with van der Waals surface area (Å²) < 4.78 is 27.7. The van der Waals surface area contributed by atoms with Gasteiger partial charge in [0.05, 0.1) is 5.75 Å². The van der Waals surface area contributed by atoms with Crippen LogP contribution in [-0.2, 0) is 16.4 Å². The van der Waals surface area contributed by atoms with Crippen LogP contribution < -0.4 is 0 Å². The fourth-order valence-electron chi connectivity index (χ4n) is 4.47. The van der Waals surface area contributed by atoms with Gasteiger partial charge in [-0.1, -0.05) is 57.5 Å². The number of rotatable bonds is 7. The fraction of sp³-hybridized carbons (Fsp3) is 0.714. The topological polar surface area (TPSA) is 40.6 Å². The van der Waals surface area contributed by atoms with E-state index in [1.807, 2.05) is 30.3 Å². The monoisotopic (exact) mass is 378 g/mol. The lowest BCUT2D eigenvalue weighted by molar-refractivity contribution is -0.0492. The van der Waals surface area contributed by atoms with E-state index in [1.165, 1.54) is 12.8 Å². The minimum atomic E-state index is -3.19. The zero-order valence-corrected chi connectivity index (χ0v) is 17.3. The summed E-state index contributed by atoms with van der Waals surface area (Å²) in [6.07, 6.45) is 3.05. The van der Waals surface area contributed by atoms with E-state index in [1.54, 1.807) is 4.31 Å². The number of fused-ring (bicyclic) bond motifs is 2. The lowest BCUT2D eigenvalue weighted by atomic mass is 9.64. The van der Waals surface area contributed by atoms with Crippen molar-refractivity contribution < 1.29 is 8.42 Å². The molecule has 2 fully saturated rings. The van der Waals surface area contributed by atoms with Crippen molar-refractivity contribution in [2.75, 3.05) is 38.5 Å². The molecule has 4 nitrogen and oxygen atoms in total. The lowest BCUT2D eigenvalue weighted by Gasteiger charge is -2.55. The van der Waals surface area contributed by atoms with Gasteiger partial charge in [0.1, 0.15) is 0 Å². The van der Waals surface area contributed by atoms with Crippen LogP contribution in [0.2, 0.25) is 0 Å². The van der Waals surface area contributed by atoms with E-state index in [-0.39, 0.29) is 11.2 Å². The van der Waals surface area contributed by atoms with Crippen LogP contribution >= 0.6 is 0 Å². The average Bonchev–Trinajstić information content (AvgIpc) is 2.59. The van der Waals surface area contributed by atoms with Crippen LogP contribution in [0.3, 0.4) is 0 Å². The van der Waals surface area contributed by atoms with Gasteiger partial charge in [-0.15, -0.1) is 0 Å². The Balaban J connectivity index is 1.65. The summed E-state index contributed by atoms with van der Waals surface area (Å²) in [5, 5.41) is 0. The quantitative estimate of drug-likeness (QED) is 0.731. The fourth-order valence-corrected chi connectivity index (χ4v) is 6.03. The smallest absolute Gasteiger partial charge is 0.214 e. The highest BCUT2D eigenvalue weighted by Crippen LogP contribution is 2.45. The number of likely N-dealkylation sites (tertiary alicyclic amines) is 1. The van der Waals surface area contributed by atoms with Gasteiger partial charge >= 0.3 is 0 Å². The van der Waals surface area contributed by atoms with Gasteiger partial charge in [-0.25, -0.2) is 12.7 Å². The molecule has 2 aliphatic rings. The third-order valence-corrected chi connectivity index (χ3v) is 8.43. The Morgan fingerprint density at radius 1 is 1.04 bits per heavy atom. The minimum Gasteiger partial charge on any atom is -0.303 e. The third kappa shape index (κ3) is 4.32. The molecule has 0 amide bonds. The van der Waals surface area contributed by atoms with Crippen molar-refractivity contribution in [1.82, 2.24) is 9.21 Å². The molecule has 5 heteroatoms.